The molecule has 0 bridgehead atoms. The van der Waals surface area contributed by atoms with Crippen LogP contribution in [0.25, 0.3) is 16.8 Å². The number of hydrogen-bond acceptors (Lipinski definition) is 2. The number of anilines is 1. The van der Waals surface area contributed by atoms with Crippen LogP contribution in [-0.4, -0.2) is 5.91 Å². The molecule has 0 aliphatic heterocycles. The highest BCUT2D eigenvalue weighted by Gasteiger charge is 2.15. The third-order valence-corrected chi connectivity index (χ3v) is 5.51. The minimum atomic E-state index is -0.564. The Morgan fingerprint density at radius 1 is 0.938 bits per heavy atom. The molecule has 4 aromatic rings. The van der Waals surface area contributed by atoms with Gasteiger partial charge in [0.25, 0.3) is 5.91 Å². The van der Waals surface area contributed by atoms with E-state index >= 15 is 0 Å². The highest BCUT2D eigenvalue weighted by atomic mass is 35.5. The molecule has 0 saturated heterocycles. The van der Waals surface area contributed by atoms with E-state index in [1.807, 2.05) is 42.5 Å². The van der Waals surface area contributed by atoms with Crippen LogP contribution in [0.1, 0.15) is 16.7 Å². The molecule has 0 spiro atoms. The Morgan fingerprint density at radius 3 is 2.44 bits per heavy atom. The largest absolute Gasteiger partial charge is 0.320 e. The molecule has 0 saturated carbocycles. The van der Waals surface area contributed by atoms with Crippen molar-refractivity contribution in [1.29, 1.82) is 5.26 Å². The Balaban J connectivity index is 1.79. The van der Waals surface area contributed by atoms with E-state index in [9.17, 15) is 14.4 Å². The average Bonchev–Trinajstić information content (AvgIpc) is 2.81. The molecule has 0 radical (unpaired) electrons. The molecule has 0 heterocycles. The van der Waals surface area contributed by atoms with E-state index in [4.69, 9.17) is 11.6 Å². The fraction of sp³-hybridized carbons (Fsp3) is 0.0370. The maximum atomic E-state index is 14.3. The van der Waals surface area contributed by atoms with Gasteiger partial charge in [-0.25, -0.2) is 4.39 Å². The molecule has 32 heavy (non-hydrogen) atoms. The summed E-state index contributed by atoms with van der Waals surface area (Å²) in [6, 6.07) is 26.9. The summed E-state index contributed by atoms with van der Waals surface area (Å²) in [6.45, 7) is 0. The summed E-state index contributed by atoms with van der Waals surface area (Å²) in [5.74, 6) is -0.863. The molecule has 1 N–H and O–H groups in total. The number of rotatable bonds is 5. The van der Waals surface area contributed by atoms with Crippen LogP contribution in [0.5, 0.6) is 0 Å². The predicted octanol–water partition coefficient (Wildman–Crippen LogP) is 6.77. The first kappa shape index (κ1) is 21.3. The highest BCUT2D eigenvalue weighted by Crippen LogP contribution is 2.28. The standard InChI is InChI=1S/C27H18ClFN2O/c28-24-10-4-6-12-26(24)31-27(32)21(17-30)16-23-19(15-20-8-2-5-11-25(20)29)14-13-18-7-1-3-9-22(18)23/h1-14,16H,15H2,(H,31,32)/b21-16+. The van der Waals surface area contributed by atoms with Crippen molar-refractivity contribution in [2.24, 2.45) is 0 Å². The fourth-order valence-corrected chi connectivity index (χ4v) is 3.74. The van der Waals surface area contributed by atoms with Gasteiger partial charge in [-0.3, -0.25) is 4.79 Å². The van der Waals surface area contributed by atoms with Crippen molar-refractivity contribution in [2.75, 3.05) is 5.32 Å². The molecular formula is C27H18ClFN2O. The number of nitrogens with zero attached hydrogens (tertiary/aromatic N) is 1. The van der Waals surface area contributed by atoms with Crippen LogP contribution in [0.4, 0.5) is 10.1 Å². The van der Waals surface area contributed by atoms with E-state index in [-0.39, 0.29) is 11.4 Å². The highest BCUT2D eigenvalue weighted by molar-refractivity contribution is 6.34. The van der Waals surface area contributed by atoms with Crippen LogP contribution in [-0.2, 0) is 11.2 Å². The van der Waals surface area contributed by atoms with E-state index in [1.54, 1.807) is 48.5 Å². The Morgan fingerprint density at radius 2 is 1.66 bits per heavy atom. The van der Waals surface area contributed by atoms with Crippen LogP contribution < -0.4 is 5.32 Å². The monoisotopic (exact) mass is 440 g/mol. The van der Waals surface area contributed by atoms with Crippen molar-refractivity contribution >= 4 is 40.0 Å². The molecule has 0 aliphatic carbocycles. The molecule has 5 heteroatoms. The number of fused-ring (bicyclic) bond motifs is 1. The van der Waals surface area contributed by atoms with Crippen molar-refractivity contribution in [3.8, 4) is 6.07 Å². The van der Waals surface area contributed by atoms with Gasteiger partial charge >= 0.3 is 0 Å². The van der Waals surface area contributed by atoms with Gasteiger partial charge in [-0.2, -0.15) is 5.26 Å². The zero-order chi connectivity index (χ0) is 22.5. The number of benzene rings is 4. The van der Waals surface area contributed by atoms with E-state index in [2.05, 4.69) is 5.32 Å². The Bertz CT molecular complexity index is 1390. The molecule has 0 fully saturated rings. The van der Waals surface area contributed by atoms with E-state index in [0.717, 1.165) is 16.3 Å². The summed E-state index contributed by atoms with van der Waals surface area (Å²) in [6.07, 6.45) is 1.89. The van der Waals surface area contributed by atoms with Crippen molar-refractivity contribution in [3.63, 3.8) is 0 Å². The van der Waals surface area contributed by atoms with Crippen LogP contribution >= 0.6 is 11.6 Å². The zero-order valence-electron chi connectivity index (χ0n) is 17.0. The summed E-state index contributed by atoms with van der Waals surface area (Å²) in [5, 5.41) is 14.6. The van der Waals surface area contributed by atoms with Crippen molar-refractivity contribution in [3.05, 3.63) is 118 Å². The van der Waals surface area contributed by atoms with Gasteiger partial charge in [0.05, 0.1) is 10.7 Å². The van der Waals surface area contributed by atoms with Gasteiger partial charge in [0.1, 0.15) is 17.5 Å². The second-order valence-corrected chi connectivity index (χ2v) is 7.64. The van der Waals surface area contributed by atoms with Crippen molar-refractivity contribution < 1.29 is 9.18 Å². The smallest absolute Gasteiger partial charge is 0.266 e. The fourth-order valence-electron chi connectivity index (χ4n) is 3.56. The van der Waals surface area contributed by atoms with Gasteiger partial charge < -0.3 is 5.32 Å². The number of nitriles is 1. The first-order chi connectivity index (χ1) is 15.6. The van der Waals surface area contributed by atoms with E-state index < -0.39 is 5.91 Å². The average molecular weight is 441 g/mol. The molecule has 4 rings (SSSR count). The molecule has 0 aromatic heterocycles. The van der Waals surface area contributed by atoms with Gasteiger partial charge in [0.2, 0.25) is 0 Å². The molecule has 0 aliphatic rings. The Labute approximate surface area is 190 Å². The van der Waals surface area contributed by atoms with E-state index in [1.165, 1.54) is 6.07 Å². The molecule has 4 aromatic carbocycles. The zero-order valence-corrected chi connectivity index (χ0v) is 17.7. The van der Waals surface area contributed by atoms with Crippen LogP contribution in [0, 0.1) is 17.1 Å². The number of para-hydroxylation sites is 1. The maximum Gasteiger partial charge on any atom is 0.266 e. The second-order valence-electron chi connectivity index (χ2n) is 7.23. The van der Waals surface area contributed by atoms with Crippen molar-refractivity contribution in [2.45, 2.75) is 6.42 Å². The lowest BCUT2D eigenvalue weighted by atomic mass is 9.93. The van der Waals surface area contributed by atoms with Gasteiger partial charge in [-0.1, -0.05) is 78.3 Å². The lowest BCUT2D eigenvalue weighted by Gasteiger charge is -2.12. The molecule has 3 nitrogen and oxygen atoms in total. The van der Waals surface area contributed by atoms with Gasteiger partial charge in [0, 0.05) is 6.42 Å². The third kappa shape index (κ3) is 4.54. The normalized spacial score (nSPS) is 11.2. The first-order valence-corrected chi connectivity index (χ1v) is 10.4. The summed E-state index contributed by atoms with van der Waals surface area (Å²) >= 11 is 6.13. The summed E-state index contributed by atoms with van der Waals surface area (Å²) in [4.78, 5) is 12.8. The molecule has 156 valence electrons. The number of nitrogens with one attached hydrogen (secondary N) is 1. The number of amides is 1. The molecular weight excluding hydrogens is 423 g/mol. The summed E-state index contributed by atoms with van der Waals surface area (Å²) < 4.78 is 14.3. The molecule has 1 amide bonds. The Kier molecular flexibility index (Phi) is 6.30. The van der Waals surface area contributed by atoms with Crippen LogP contribution in [0.15, 0.2) is 90.5 Å². The minimum Gasteiger partial charge on any atom is -0.320 e. The predicted molar refractivity (Wildman–Crippen MR) is 127 cm³/mol. The van der Waals surface area contributed by atoms with Gasteiger partial charge in [0.15, 0.2) is 0 Å². The summed E-state index contributed by atoms with van der Waals surface area (Å²) in [7, 11) is 0. The lowest BCUT2D eigenvalue weighted by molar-refractivity contribution is -0.112. The third-order valence-electron chi connectivity index (χ3n) is 5.18. The van der Waals surface area contributed by atoms with Crippen molar-refractivity contribution in [1.82, 2.24) is 0 Å². The maximum absolute atomic E-state index is 14.3. The number of carbonyl (C=O) groups excluding carboxylic acids is 1. The van der Waals surface area contributed by atoms with Gasteiger partial charge in [-0.15, -0.1) is 0 Å². The lowest BCUT2D eigenvalue weighted by Crippen LogP contribution is -2.14. The first-order valence-electron chi connectivity index (χ1n) is 9.98. The second kappa shape index (κ2) is 9.47. The van der Waals surface area contributed by atoms with E-state index in [0.29, 0.717) is 28.3 Å². The Hall–Kier alpha value is -3.94. The topological polar surface area (TPSA) is 52.9 Å². The SMILES string of the molecule is N#C/C(=C\c1c(Cc2ccccc2F)ccc2ccccc12)C(=O)Nc1ccccc1Cl. The molecule has 0 unspecified atom stereocenters. The number of halogens is 2. The van der Waals surface area contributed by atoms with Crippen LogP contribution in [0.2, 0.25) is 5.02 Å². The quantitative estimate of drug-likeness (QED) is 0.275. The summed E-state index contributed by atoms with van der Waals surface area (Å²) in [5.41, 5.74) is 2.40. The van der Waals surface area contributed by atoms with Gasteiger partial charge in [-0.05, 0) is 51.7 Å². The number of carbonyl (C=O) groups is 1. The molecule has 0 atom stereocenters. The number of hydrogen-bond donors (Lipinski definition) is 1. The minimum absolute atomic E-state index is 0.0731. The van der Waals surface area contributed by atoms with Crippen LogP contribution in [0.3, 0.4) is 0 Å².